The fourth-order valence-corrected chi connectivity index (χ4v) is 2.91. The molecule has 0 unspecified atom stereocenters. The zero-order valence-corrected chi connectivity index (χ0v) is 11.3. The van der Waals surface area contributed by atoms with Crippen LogP contribution in [0.5, 0.6) is 0 Å². The molecule has 0 saturated heterocycles. The van der Waals surface area contributed by atoms with E-state index in [1.54, 1.807) is 0 Å². The Hall–Kier alpha value is -0.760. The molecule has 1 aromatic rings. The van der Waals surface area contributed by atoms with Crippen molar-refractivity contribution in [2.75, 3.05) is 11.4 Å². The number of hydrogen-bond donors (Lipinski definition) is 0. The lowest BCUT2D eigenvalue weighted by Crippen LogP contribution is -2.36. The SMILES string of the molecule is CCN(c1ccnc(CCl)c1)C1CCCCC1. The Morgan fingerprint density at radius 3 is 2.76 bits per heavy atom. The molecule has 1 fully saturated rings. The molecule has 1 aliphatic carbocycles. The van der Waals surface area contributed by atoms with Gasteiger partial charge in [-0.2, -0.15) is 0 Å². The molecule has 1 saturated carbocycles. The van der Waals surface area contributed by atoms with Crippen molar-refractivity contribution < 1.29 is 0 Å². The maximum absolute atomic E-state index is 5.85. The van der Waals surface area contributed by atoms with Crippen LogP contribution in [0.3, 0.4) is 0 Å². The molecule has 2 nitrogen and oxygen atoms in total. The molecule has 0 aliphatic heterocycles. The van der Waals surface area contributed by atoms with Gasteiger partial charge >= 0.3 is 0 Å². The van der Waals surface area contributed by atoms with Crippen molar-refractivity contribution in [3.63, 3.8) is 0 Å². The molecule has 1 aliphatic rings. The van der Waals surface area contributed by atoms with Crippen LogP contribution in [0.1, 0.15) is 44.7 Å². The Kier molecular flexibility index (Phi) is 4.66. The Balaban J connectivity index is 2.15. The smallest absolute Gasteiger partial charge is 0.0648 e. The minimum absolute atomic E-state index is 0.496. The molecular weight excluding hydrogens is 232 g/mol. The summed E-state index contributed by atoms with van der Waals surface area (Å²) >= 11 is 5.85. The zero-order valence-electron chi connectivity index (χ0n) is 10.5. The summed E-state index contributed by atoms with van der Waals surface area (Å²) in [5.41, 5.74) is 2.25. The highest BCUT2D eigenvalue weighted by atomic mass is 35.5. The lowest BCUT2D eigenvalue weighted by molar-refractivity contribution is 0.418. The van der Waals surface area contributed by atoms with Crippen LogP contribution < -0.4 is 4.90 Å². The van der Waals surface area contributed by atoms with Gasteiger partial charge in [0.1, 0.15) is 0 Å². The van der Waals surface area contributed by atoms with Crippen molar-refractivity contribution in [2.45, 2.75) is 50.9 Å². The lowest BCUT2D eigenvalue weighted by Gasteiger charge is -2.35. The number of anilines is 1. The number of alkyl halides is 1. The van der Waals surface area contributed by atoms with E-state index in [1.807, 2.05) is 6.20 Å². The molecule has 0 spiro atoms. The van der Waals surface area contributed by atoms with E-state index in [0.29, 0.717) is 11.9 Å². The van der Waals surface area contributed by atoms with Crippen LogP contribution in [0.25, 0.3) is 0 Å². The Bertz CT molecular complexity index is 348. The van der Waals surface area contributed by atoms with E-state index < -0.39 is 0 Å². The Morgan fingerprint density at radius 1 is 1.35 bits per heavy atom. The quantitative estimate of drug-likeness (QED) is 0.754. The van der Waals surface area contributed by atoms with E-state index in [1.165, 1.54) is 37.8 Å². The van der Waals surface area contributed by atoms with Gasteiger partial charge in [0.05, 0.1) is 11.6 Å². The summed E-state index contributed by atoms with van der Waals surface area (Å²) in [6.45, 7) is 3.30. The first-order valence-corrected chi connectivity index (χ1v) is 7.16. The first-order chi connectivity index (χ1) is 8.35. The molecule has 0 aromatic carbocycles. The summed E-state index contributed by atoms with van der Waals surface area (Å²) in [5.74, 6) is 0.496. The van der Waals surface area contributed by atoms with Crippen molar-refractivity contribution in [1.82, 2.24) is 4.98 Å². The van der Waals surface area contributed by atoms with Gasteiger partial charge in [-0.3, -0.25) is 4.98 Å². The molecule has 0 atom stereocenters. The monoisotopic (exact) mass is 252 g/mol. The second-order valence-corrected chi connectivity index (χ2v) is 4.98. The van der Waals surface area contributed by atoms with E-state index >= 15 is 0 Å². The van der Waals surface area contributed by atoms with Crippen molar-refractivity contribution in [3.05, 3.63) is 24.0 Å². The van der Waals surface area contributed by atoms with Crippen molar-refractivity contribution in [3.8, 4) is 0 Å². The summed E-state index contributed by atoms with van der Waals surface area (Å²) in [7, 11) is 0. The minimum Gasteiger partial charge on any atom is -0.369 e. The van der Waals surface area contributed by atoms with Crippen molar-refractivity contribution >= 4 is 17.3 Å². The summed E-state index contributed by atoms with van der Waals surface area (Å²) in [4.78, 5) is 6.77. The van der Waals surface area contributed by atoms with E-state index in [9.17, 15) is 0 Å². The third-order valence-corrected chi connectivity index (χ3v) is 3.90. The number of aromatic nitrogens is 1. The average molecular weight is 253 g/mol. The number of hydrogen-bond acceptors (Lipinski definition) is 2. The highest BCUT2D eigenvalue weighted by Gasteiger charge is 2.20. The second-order valence-electron chi connectivity index (χ2n) is 4.72. The maximum Gasteiger partial charge on any atom is 0.0648 e. The topological polar surface area (TPSA) is 16.1 Å². The van der Waals surface area contributed by atoms with E-state index in [2.05, 4.69) is 28.9 Å². The van der Waals surface area contributed by atoms with Crippen LogP contribution in [-0.4, -0.2) is 17.6 Å². The van der Waals surface area contributed by atoms with Gasteiger partial charge in [-0.05, 0) is 31.9 Å². The fraction of sp³-hybridized carbons (Fsp3) is 0.643. The Labute approximate surface area is 109 Å². The zero-order chi connectivity index (χ0) is 12.1. The third kappa shape index (κ3) is 3.12. The van der Waals surface area contributed by atoms with E-state index in [0.717, 1.165) is 12.2 Å². The highest BCUT2D eigenvalue weighted by molar-refractivity contribution is 6.16. The molecular formula is C14H21ClN2. The molecule has 0 amide bonds. The molecule has 0 N–H and O–H groups in total. The van der Waals surface area contributed by atoms with Crippen LogP contribution >= 0.6 is 11.6 Å². The summed E-state index contributed by atoms with van der Waals surface area (Å²) in [6, 6.07) is 4.94. The van der Waals surface area contributed by atoms with E-state index in [4.69, 9.17) is 11.6 Å². The number of pyridine rings is 1. The predicted octanol–water partition coefficient (Wildman–Crippen LogP) is 3.98. The van der Waals surface area contributed by atoms with Crippen LogP contribution in [0.15, 0.2) is 18.3 Å². The fourth-order valence-electron chi connectivity index (χ4n) is 2.76. The van der Waals surface area contributed by atoms with Crippen LogP contribution in [0.2, 0.25) is 0 Å². The molecule has 3 heteroatoms. The molecule has 0 bridgehead atoms. The van der Waals surface area contributed by atoms with Gasteiger partial charge in [0.25, 0.3) is 0 Å². The highest BCUT2D eigenvalue weighted by Crippen LogP contribution is 2.27. The van der Waals surface area contributed by atoms with Gasteiger partial charge in [-0.15, -0.1) is 11.6 Å². The standard InChI is InChI=1S/C14H21ClN2/c1-2-17(13-6-4-3-5-7-13)14-8-9-16-12(10-14)11-15/h8-10,13H,2-7,11H2,1H3. The van der Waals surface area contributed by atoms with Crippen molar-refractivity contribution in [2.24, 2.45) is 0 Å². The Morgan fingerprint density at radius 2 is 2.12 bits per heavy atom. The van der Waals surface area contributed by atoms with Gasteiger partial charge in [-0.1, -0.05) is 19.3 Å². The first-order valence-electron chi connectivity index (χ1n) is 6.62. The first kappa shape index (κ1) is 12.7. The van der Waals surface area contributed by atoms with Crippen LogP contribution in [-0.2, 0) is 5.88 Å². The largest absolute Gasteiger partial charge is 0.369 e. The second kappa shape index (κ2) is 6.25. The average Bonchev–Trinajstić information content (AvgIpc) is 2.41. The molecule has 94 valence electrons. The summed E-state index contributed by atoms with van der Waals surface area (Å²) < 4.78 is 0. The summed E-state index contributed by atoms with van der Waals surface area (Å²) in [6.07, 6.45) is 8.66. The summed E-state index contributed by atoms with van der Waals surface area (Å²) in [5, 5.41) is 0. The maximum atomic E-state index is 5.85. The van der Waals surface area contributed by atoms with Crippen LogP contribution in [0.4, 0.5) is 5.69 Å². The van der Waals surface area contributed by atoms with Crippen molar-refractivity contribution in [1.29, 1.82) is 0 Å². The molecule has 1 aromatic heterocycles. The molecule has 1 heterocycles. The van der Waals surface area contributed by atoms with Gasteiger partial charge in [0, 0.05) is 24.5 Å². The van der Waals surface area contributed by atoms with Gasteiger partial charge in [-0.25, -0.2) is 0 Å². The van der Waals surface area contributed by atoms with Gasteiger partial charge in [0.15, 0.2) is 0 Å². The number of halogens is 1. The molecule has 0 radical (unpaired) electrons. The number of rotatable bonds is 4. The minimum atomic E-state index is 0.496. The van der Waals surface area contributed by atoms with Crippen LogP contribution in [0, 0.1) is 0 Å². The van der Waals surface area contributed by atoms with Gasteiger partial charge < -0.3 is 4.90 Å². The third-order valence-electron chi connectivity index (χ3n) is 3.62. The molecule has 17 heavy (non-hydrogen) atoms. The number of nitrogens with zero attached hydrogens (tertiary/aromatic N) is 2. The lowest BCUT2D eigenvalue weighted by atomic mass is 9.94. The normalized spacial score (nSPS) is 17.1. The van der Waals surface area contributed by atoms with Gasteiger partial charge in [0.2, 0.25) is 0 Å². The predicted molar refractivity (Wildman–Crippen MR) is 73.7 cm³/mol. The van der Waals surface area contributed by atoms with E-state index in [-0.39, 0.29) is 0 Å². The molecule has 2 rings (SSSR count).